The lowest BCUT2D eigenvalue weighted by atomic mass is 10.3. The molecule has 0 radical (unpaired) electrons. The number of anilines is 1. The zero-order valence-corrected chi connectivity index (χ0v) is 15.6. The van der Waals surface area contributed by atoms with Crippen molar-refractivity contribution in [3.8, 4) is 0 Å². The summed E-state index contributed by atoms with van der Waals surface area (Å²) >= 11 is 1.47. The van der Waals surface area contributed by atoms with Gasteiger partial charge < -0.3 is 10.6 Å². The van der Waals surface area contributed by atoms with E-state index in [4.69, 9.17) is 0 Å². The van der Waals surface area contributed by atoms with Gasteiger partial charge in [0, 0.05) is 25.0 Å². The Hall–Kier alpha value is -2.75. The normalized spacial score (nSPS) is 11.1. The van der Waals surface area contributed by atoms with E-state index in [0.717, 1.165) is 16.9 Å². The van der Waals surface area contributed by atoms with E-state index >= 15 is 0 Å². The second kappa shape index (κ2) is 8.09. The predicted octanol–water partition coefficient (Wildman–Crippen LogP) is 1.59. The fourth-order valence-corrected chi connectivity index (χ4v) is 2.72. The van der Waals surface area contributed by atoms with E-state index in [1.165, 1.54) is 30.4 Å². The van der Waals surface area contributed by atoms with Gasteiger partial charge in [0.1, 0.15) is 11.5 Å². The van der Waals surface area contributed by atoms with Gasteiger partial charge >= 0.3 is 0 Å². The van der Waals surface area contributed by atoms with Crippen LogP contribution in [0.4, 0.5) is 5.82 Å². The average molecular weight is 372 g/mol. The lowest BCUT2D eigenvalue weighted by Gasteiger charge is -2.11. The van der Waals surface area contributed by atoms with Crippen molar-refractivity contribution in [1.82, 2.24) is 35.0 Å². The van der Waals surface area contributed by atoms with Gasteiger partial charge in [-0.05, 0) is 20.1 Å². The third kappa shape index (κ3) is 4.07. The predicted molar refractivity (Wildman–Crippen MR) is 100 cm³/mol. The van der Waals surface area contributed by atoms with E-state index in [0.29, 0.717) is 18.2 Å². The summed E-state index contributed by atoms with van der Waals surface area (Å²) < 4.78 is 1.76. The first-order valence-corrected chi connectivity index (χ1v) is 9.39. The summed E-state index contributed by atoms with van der Waals surface area (Å²) in [7, 11) is 0. The standard InChI is InChI=1S/C16H20N8OS/c1-10(2)21-13-11-8-20-24(14(11)23-16(22-13)26-3)7-6-19-15(25)12-9-17-4-5-18-12/h4-5,8-10H,6-7H2,1-3H3,(H,19,25)(H,21,22,23). The van der Waals surface area contributed by atoms with Crippen molar-refractivity contribution < 1.29 is 4.79 Å². The molecule has 3 heterocycles. The number of hydrogen-bond acceptors (Lipinski definition) is 8. The molecule has 0 aliphatic rings. The molecule has 136 valence electrons. The Kier molecular flexibility index (Phi) is 5.61. The van der Waals surface area contributed by atoms with Crippen molar-refractivity contribution in [3.05, 3.63) is 30.5 Å². The molecule has 2 N–H and O–H groups in total. The molecule has 1 amide bonds. The molecule has 3 aromatic heterocycles. The molecule has 9 nitrogen and oxygen atoms in total. The van der Waals surface area contributed by atoms with Gasteiger partial charge in [0.05, 0.1) is 24.3 Å². The molecule has 3 aromatic rings. The third-order valence-corrected chi connectivity index (χ3v) is 4.04. The Morgan fingerprint density at radius 3 is 2.81 bits per heavy atom. The Bertz CT molecular complexity index is 896. The summed E-state index contributed by atoms with van der Waals surface area (Å²) in [5, 5.41) is 12.1. The van der Waals surface area contributed by atoms with Crippen molar-refractivity contribution in [1.29, 1.82) is 0 Å². The molecule has 0 fully saturated rings. The van der Waals surface area contributed by atoms with Crippen molar-refractivity contribution in [2.75, 3.05) is 18.1 Å². The molecular weight excluding hydrogens is 352 g/mol. The van der Waals surface area contributed by atoms with Gasteiger partial charge in [-0.25, -0.2) is 19.6 Å². The number of carbonyl (C=O) groups is 1. The summed E-state index contributed by atoms with van der Waals surface area (Å²) in [4.78, 5) is 29.0. The molecule has 0 aliphatic carbocycles. The quantitative estimate of drug-likeness (QED) is 0.475. The number of amides is 1. The Morgan fingerprint density at radius 1 is 1.27 bits per heavy atom. The van der Waals surface area contributed by atoms with Crippen LogP contribution in [-0.4, -0.2) is 54.5 Å². The highest BCUT2D eigenvalue weighted by Crippen LogP contribution is 2.23. The molecule has 0 aromatic carbocycles. The number of nitrogens with one attached hydrogen (secondary N) is 2. The van der Waals surface area contributed by atoms with Crippen LogP contribution in [0.2, 0.25) is 0 Å². The molecule has 0 saturated carbocycles. The minimum atomic E-state index is -0.267. The van der Waals surface area contributed by atoms with Crippen LogP contribution in [-0.2, 0) is 6.54 Å². The van der Waals surface area contributed by atoms with Crippen LogP contribution in [0.25, 0.3) is 11.0 Å². The molecular formula is C16H20N8OS. The largest absolute Gasteiger partial charge is 0.367 e. The first-order valence-electron chi connectivity index (χ1n) is 8.16. The van der Waals surface area contributed by atoms with Crippen LogP contribution >= 0.6 is 11.8 Å². The molecule has 0 unspecified atom stereocenters. The maximum absolute atomic E-state index is 12.0. The average Bonchev–Trinajstić information content (AvgIpc) is 3.05. The number of thioether (sulfide) groups is 1. The van der Waals surface area contributed by atoms with Gasteiger partial charge in [0.2, 0.25) is 0 Å². The molecule has 0 bridgehead atoms. The van der Waals surface area contributed by atoms with Gasteiger partial charge in [-0.15, -0.1) is 0 Å². The SMILES string of the molecule is CSc1nc(NC(C)C)c2cnn(CCNC(=O)c3cnccn3)c2n1. The van der Waals surface area contributed by atoms with E-state index in [2.05, 4.69) is 49.5 Å². The molecule has 0 aliphatic heterocycles. The lowest BCUT2D eigenvalue weighted by molar-refractivity contribution is 0.0946. The number of carbonyl (C=O) groups excluding carboxylic acids is 1. The second-order valence-corrected chi connectivity index (χ2v) is 6.58. The molecule has 26 heavy (non-hydrogen) atoms. The Morgan fingerprint density at radius 2 is 2.12 bits per heavy atom. The highest BCUT2D eigenvalue weighted by Gasteiger charge is 2.14. The van der Waals surface area contributed by atoms with Crippen LogP contribution in [0.15, 0.2) is 29.9 Å². The van der Waals surface area contributed by atoms with E-state index in [9.17, 15) is 4.79 Å². The van der Waals surface area contributed by atoms with Crippen molar-refractivity contribution >= 4 is 34.5 Å². The fraction of sp³-hybridized carbons (Fsp3) is 0.375. The van der Waals surface area contributed by atoms with E-state index in [1.54, 1.807) is 10.9 Å². The zero-order valence-electron chi connectivity index (χ0n) is 14.8. The summed E-state index contributed by atoms with van der Waals surface area (Å²) in [5.74, 6) is 0.500. The second-order valence-electron chi connectivity index (χ2n) is 5.81. The van der Waals surface area contributed by atoms with Crippen LogP contribution in [0, 0.1) is 0 Å². The van der Waals surface area contributed by atoms with E-state index in [-0.39, 0.29) is 17.6 Å². The minimum absolute atomic E-state index is 0.248. The van der Waals surface area contributed by atoms with Crippen LogP contribution in [0.5, 0.6) is 0 Å². The molecule has 0 spiro atoms. The monoisotopic (exact) mass is 372 g/mol. The molecule has 0 atom stereocenters. The van der Waals surface area contributed by atoms with Crippen molar-refractivity contribution in [2.24, 2.45) is 0 Å². The maximum atomic E-state index is 12.0. The fourth-order valence-electron chi connectivity index (χ4n) is 2.36. The molecule has 3 rings (SSSR count). The van der Waals surface area contributed by atoms with Crippen molar-refractivity contribution in [3.63, 3.8) is 0 Å². The van der Waals surface area contributed by atoms with Crippen LogP contribution in [0.3, 0.4) is 0 Å². The smallest absolute Gasteiger partial charge is 0.271 e. The first-order chi connectivity index (χ1) is 12.6. The number of aromatic nitrogens is 6. The maximum Gasteiger partial charge on any atom is 0.271 e. The Balaban J connectivity index is 1.75. The Labute approximate surface area is 155 Å². The van der Waals surface area contributed by atoms with Gasteiger partial charge in [-0.3, -0.25) is 9.78 Å². The van der Waals surface area contributed by atoms with Crippen molar-refractivity contribution in [2.45, 2.75) is 31.6 Å². The highest BCUT2D eigenvalue weighted by molar-refractivity contribution is 7.98. The summed E-state index contributed by atoms with van der Waals surface area (Å²) in [5.41, 5.74) is 1.02. The molecule has 10 heteroatoms. The van der Waals surface area contributed by atoms with Gasteiger partial charge in [0.25, 0.3) is 5.91 Å². The van der Waals surface area contributed by atoms with Gasteiger partial charge in [-0.2, -0.15) is 5.10 Å². The third-order valence-electron chi connectivity index (χ3n) is 3.49. The topological polar surface area (TPSA) is 111 Å². The minimum Gasteiger partial charge on any atom is -0.367 e. The highest BCUT2D eigenvalue weighted by atomic mass is 32.2. The van der Waals surface area contributed by atoms with E-state index in [1.807, 2.05) is 6.26 Å². The lowest BCUT2D eigenvalue weighted by Crippen LogP contribution is -2.28. The summed E-state index contributed by atoms with van der Waals surface area (Å²) in [6.07, 6.45) is 8.12. The zero-order chi connectivity index (χ0) is 18.5. The number of nitrogens with zero attached hydrogens (tertiary/aromatic N) is 6. The van der Waals surface area contributed by atoms with Crippen LogP contribution < -0.4 is 10.6 Å². The summed E-state index contributed by atoms with van der Waals surface area (Å²) in [6, 6.07) is 0.248. The van der Waals surface area contributed by atoms with E-state index < -0.39 is 0 Å². The summed E-state index contributed by atoms with van der Waals surface area (Å²) in [6.45, 7) is 5.00. The number of fused-ring (bicyclic) bond motifs is 1. The van der Waals surface area contributed by atoms with Crippen LogP contribution in [0.1, 0.15) is 24.3 Å². The van der Waals surface area contributed by atoms with Gasteiger partial charge in [-0.1, -0.05) is 11.8 Å². The number of rotatable bonds is 7. The first kappa shape index (κ1) is 18.1. The molecule has 0 saturated heterocycles. The van der Waals surface area contributed by atoms with Gasteiger partial charge in [0.15, 0.2) is 10.8 Å². The number of hydrogen-bond donors (Lipinski definition) is 2.